The van der Waals surface area contributed by atoms with Crippen LogP contribution < -0.4 is 9.64 Å². The minimum atomic E-state index is -0.00574. The average Bonchev–Trinajstić information content (AvgIpc) is 2.94. The Labute approximate surface area is 211 Å². The molecule has 0 N–H and O–H groups in total. The van der Waals surface area contributed by atoms with Gasteiger partial charge in [0.25, 0.3) is 0 Å². The molecule has 5 aromatic rings. The van der Waals surface area contributed by atoms with E-state index in [1.165, 1.54) is 16.3 Å². The van der Waals surface area contributed by atoms with Gasteiger partial charge in [-0.3, -0.25) is 4.79 Å². The summed E-state index contributed by atoms with van der Waals surface area (Å²) in [6, 6.07) is 41.3. The van der Waals surface area contributed by atoms with Crippen LogP contribution in [0.1, 0.15) is 34.6 Å². The van der Waals surface area contributed by atoms with Gasteiger partial charge < -0.3 is 9.64 Å². The molecule has 1 heterocycles. The van der Waals surface area contributed by atoms with Gasteiger partial charge in [0.1, 0.15) is 12.4 Å². The second-order valence-corrected chi connectivity index (χ2v) is 9.29. The predicted molar refractivity (Wildman–Crippen MR) is 145 cm³/mol. The molecule has 0 radical (unpaired) electrons. The highest BCUT2D eigenvalue weighted by atomic mass is 16.5. The monoisotopic (exact) mass is 469 g/mol. The molecular weight excluding hydrogens is 442 g/mol. The molecule has 3 nitrogen and oxygen atoms in total. The first-order valence-electron chi connectivity index (χ1n) is 12.4. The molecule has 3 heteroatoms. The van der Waals surface area contributed by atoms with Gasteiger partial charge in [-0.15, -0.1) is 0 Å². The molecule has 0 saturated heterocycles. The number of amides is 1. The summed E-state index contributed by atoms with van der Waals surface area (Å²) in [6.07, 6.45) is 0.443. The van der Waals surface area contributed by atoms with E-state index in [4.69, 9.17) is 4.74 Å². The third kappa shape index (κ3) is 4.36. The number of fused-ring (bicyclic) bond motifs is 3. The van der Waals surface area contributed by atoms with Crippen LogP contribution in [0.25, 0.3) is 10.8 Å². The first-order chi connectivity index (χ1) is 17.8. The van der Waals surface area contributed by atoms with E-state index in [0.29, 0.717) is 19.6 Å². The predicted octanol–water partition coefficient (Wildman–Crippen LogP) is 7.49. The number of carbonyl (C=O) groups excluding carboxylic acids is 1. The summed E-state index contributed by atoms with van der Waals surface area (Å²) < 4.78 is 6.00. The number of nitrogens with zero attached hydrogens (tertiary/aromatic N) is 1. The lowest BCUT2D eigenvalue weighted by molar-refractivity contribution is -0.119. The van der Waals surface area contributed by atoms with Crippen LogP contribution in [-0.2, 0) is 17.9 Å². The molecule has 0 aromatic heterocycles. The quantitative estimate of drug-likeness (QED) is 0.258. The van der Waals surface area contributed by atoms with Crippen molar-refractivity contribution in [2.24, 2.45) is 0 Å². The Bertz CT molecular complexity index is 1490. The van der Waals surface area contributed by atoms with Gasteiger partial charge >= 0.3 is 0 Å². The lowest BCUT2D eigenvalue weighted by atomic mass is 9.81. The van der Waals surface area contributed by atoms with E-state index >= 15 is 0 Å². The van der Waals surface area contributed by atoms with Crippen molar-refractivity contribution >= 4 is 22.4 Å². The molecule has 5 aromatic carbocycles. The van der Waals surface area contributed by atoms with Crippen LogP contribution in [0.15, 0.2) is 121 Å². The molecule has 176 valence electrons. The lowest BCUT2D eigenvalue weighted by Gasteiger charge is -2.35. The molecule has 1 atom stereocenters. The van der Waals surface area contributed by atoms with Crippen LogP contribution in [0.4, 0.5) is 5.69 Å². The van der Waals surface area contributed by atoms with Crippen LogP contribution >= 0.6 is 0 Å². The van der Waals surface area contributed by atoms with Crippen molar-refractivity contribution in [3.8, 4) is 5.75 Å². The highest BCUT2D eigenvalue weighted by Gasteiger charge is 2.33. The molecule has 0 spiro atoms. The SMILES string of the molecule is O=C1CC(c2ccc(OCc3ccccc3)cc2)c2c(ccc3ccccc23)N1Cc1ccccc1. The number of ether oxygens (including phenoxy) is 1. The normalized spacial score (nSPS) is 15.1. The Hall–Kier alpha value is -4.37. The lowest BCUT2D eigenvalue weighted by Crippen LogP contribution is -2.36. The van der Waals surface area contributed by atoms with Gasteiger partial charge in [0.15, 0.2) is 0 Å². The zero-order chi connectivity index (χ0) is 24.3. The number of benzene rings is 5. The molecule has 1 unspecified atom stereocenters. The standard InChI is InChI=1S/C33H27NO2/c35-32-21-30(27-15-18-28(19-16-27)36-23-25-11-5-2-6-12-25)33-29-14-8-7-13-26(29)17-20-31(33)34(32)22-24-9-3-1-4-10-24/h1-20,30H,21-23H2. The first-order valence-corrected chi connectivity index (χ1v) is 12.4. The van der Waals surface area contributed by atoms with Gasteiger partial charge in [0.05, 0.1) is 6.54 Å². The van der Waals surface area contributed by atoms with Gasteiger partial charge in [0, 0.05) is 18.0 Å². The van der Waals surface area contributed by atoms with Crippen molar-refractivity contribution < 1.29 is 9.53 Å². The molecule has 0 saturated carbocycles. The van der Waals surface area contributed by atoms with Crippen molar-refractivity contribution in [3.63, 3.8) is 0 Å². The summed E-state index contributed by atoms with van der Waals surface area (Å²) in [7, 11) is 0. The summed E-state index contributed by atoms with van der Waals surface area (Å²) >= 11 is 0. The van der Waals surface area contributed by atoms with Crippen LogP contribution in [0.5, 0.6) is 5.75 Å². The fraction of sp³-hybridized carbons (Fsp3) is 0.121. The minimum Gasteiger partial charge on any atom is -0.489 e. The maximum atomic E-state index is 13.5. The van der Waals surface area contributed by atoms with Gasteiger partial charge in [-0.1, -0.05) is 103 Å². The summed E-state index contributed by atoms with van der Waals surface area (Å²) in [5, 5.41) is 2.40. The molecule has 36 heavy (non-hydrogen) atoms. The van der Waals surface area contributed by atoms with E-state index in [2.05, 4.69) is 72.8 Å². The van der Waals surface area contributed by atoms with E-state index in [-0.39, 0.29) is 11.8 Å². The molecule has 0 fully saturated rings. The molecule has 1 aliphatic heterocycles. The van der Waals surface area contributed by atoms with Crippen LogP contribution in [0.2, 0.25) is 0 Å². The van der Waals surface area contributed by atoms with Crippen molar-refractivity contribution in [2.75, 3.05) is 4.90 Å². The maximum Gasteiger partial charge on any atom is 0.228 e. The molecule has 0 bridgehead atoms. The Morgan fingerprint density at radius 1 is 0.694 bits per heavy atom. The topological polar surface area (TPSA) is 29.5 Å². The van der Waals surface area contributed by atoms with Gasteiger partial charge in [0.2, 0.25) is 5.91 Å². The molecule has 6 rings (SSSR count). The Morgan fingerprint density at radius 3 is 2.11 bits per heavy atom. The average molecular weight is 470 g/mol. The van der Waals surface area contributed by atoms with Crippen LogP contribution in [0.3, 0.4) is 0 Å². The van der Waals surface area contributed by atoms with Crippen LogP contribution in [-0.4, -0.2) is 5.91 Å². The summed E-state index contributed by atoms with van der Waals surface area (Å²) in [6.45, 7) is 1.11. The zero-order valence-corrected chi connectivity index (χ0v) is 20.0. The highest BCUT2D eigenvalue weighted by molar-refractivity contribution is 6.03. The van der Waals surface area contributed by atoms with Crippen LogP contribution in [0, 0.1) is 0 Å². The van der Waals surface area contributed by atoms with E-state index in [1.807, 2.05) is 53.4 Å². The van der Waals surface area contributed by atoms with Crippen molar-refractivity contribution in [1.82, 2.24) is 0 Å². The van der Waals surface area contributed by atoms with E-state index in [9.17, 15) is 4.79 Å². The van der Waals surface area contributed by atoms with Crippen molar-refractivity contribution in [1.29, 1.82) is 0 Å². The number of hydrogen-bond donors (Lipinski definition) is 0. The molecule has 0 aliphatic carbocycles. The number of rotatable bonds is 6. The Morgan fingerprint density at radius 2 is 1.36 bits per heavy atom. The summed E-state index contributed by atoms with van der Waals surface area (Å²) in [4.78, 5) is 15.5. The molecule has 1 aliphatic rings. The van der Waals surface area contributed by atoms with Crippen molar-refractivity contribution in [3.05, 3.63) is 144 Å². The summed E-state index contributed by atoms with van der Waals surface area (Å²) in [5.41, 5.74) is 5.62. The van der Waals surface area contributed by atoms with Gasteiger partial charge in [-0.2, -0.15) is 0 Å². The number of carbonyl (C=O) groups is 1. The molecule has 1 amide bonds. The third-order valence-corrected chi connectivity index (χ3v) is 6.98. The second-order valence-electron chi connectivity index (χ2n) is 9.29. The highest BCUT2D eigenvalue weighted by Crippen LogP contribution is 2.44. The van der Waals surface area contributed by atoms with E-state index in [1.54, 1.807) is 0 Å². The Kier molecular flexibility index (Phi) is 5.96. The smallest absolute Gasteiger partial charge is 0.228 e. The fourth-order valence-electron chi connectivity index (χ4n) is 5.17. The van der Waals surface area contributed by atoms with E-state index in [0.717, 1.165) is 28.1 Å². The van der Waals surface area contributed by atoms with Gasteiger partial charge in [-0.25, -0.2) is 0 Å². The Balaban J connectivity index is 1.35. The third-order valence-electron chi connectivity index (χ3n) is 6.98. The van der Waals surface area contributed by atoms with E-state index < -0.39 is 0 Å². The molecular formula is C33H27NO2. The van der Waals surface area contributed by atoms with Crippen molar-refractivity contribution in [2.45, 2.75) is 25.5 Å². The minimum absolute atomic E-state index is 0.00574. The summed E-state index contributed by atoms with van der Waals surface area (Å²) in [5.74, 6) is 0.971. The first kappa shape index (κ1) is 22.1. The number of hydrogen-bond acceptors (Lipinski definition) is 2. The fourth-order valence-corrected chi connectivity index (χ4v) is 5.17. The zero-order valence-electron chi connectivity index (χ0n) is 20.0. The number of anilines is 1. The van der Waals surface area contributed by atoms with Gasteiger partial charge in [-0.05, 0) is 51.2 Å². The largest absolute Gasteiger partial charge is 0.489 e. The second kappa shape index (κ2) is 9.71. The maximum absolute atomic E-state index is 13.5.